The lowest BCUT2D eigenvalue weighted by Crippen LogP contribution is -2.50. The average Bonchev–Trinajstić information content (AvgIpc) is 3.35. The fourth-order valence-corrected chi connectivity index (χ4v) is 8.29. The molecule has 434 valence electrons. The molecule has 1 aliphatic rings. The zero-order chi connectivity index (χ0) is 55.5. The molecular formula is C49H95N6O18P. The van der Waals surface area contributed by atoms with Gasteiger partial charge in [0.15, 0.2) is 6.10 Å². The lowest BCUT2D eigenvalue weighted by atomic mass is 10.1. The van der Waals surface area contributed by atoms with Gasteiger partial charge < -0.3 is 56.1 Å². The summed E-state index contributed by atoms with van der Waals surface area (Å²) in [6.45, 7) is 2.36. The van der Waals surface area contributed by atoms with Gasteiger partial charge in [-0.25, -0.2) is 4.57 Å². The van der Waals surface area contributed by atoms with Crippen LogP contribution in [0.4, 0.5) is 0 Å². The van der Waals surface area contributed by atoms with Gasteiger partial charge in [0.1, 0.15) is 6.61 Å². The summed E-state index contributed by atoms with van der Waals surface area (Å²) < 4.78 is 34.0. The molecule has 1 aliphatic heterocycles. The minimum absolute atomic E-state index is 0.137. The van der Waals surface area contributed by atoms with E-state index in [-0.39, 0.29) is 105 Å². The Bertz CT molecular complexity index is 1530. The van der Waals surface area contributed by atoms with Gasteiger partial charge in [0.25, 0.3) is 0 Å². The Morgan fingerprint density at radius 1 is 0.541 bits per heavy atom. The lowest BCUT2D eigenvalue weighted by Gasteiger charge is -2.32. The van der Waals surface area contributed by atoms with Crippen molar-refractivity contribution >= 4 is 43.6 Å². The van der Waals surface area contributed by atoms with Crippen molar-refractivity contribution in [2.24, 2.45) is 5.73 Å². The molecule has 74 heavy (non-hydrogen) atoms. The van der Waals surface area contributed by atoms with Gasteiger partial charge in [-0.2, -0.15) is 0 Å². The van der Waals surface area contributed by atoms with Crippen LogP contribution >= 0.6 is 7.82 Å². The number of aliphatic carboxylic acids is 3. The number of carboxylic acids is 3. The lowest BCUT2D eigenvalue weighted by molar-refractivity contribution is -0.161. The normalized spacial score (nSPS) is 15.9. The van der Waals surface area contributed by atoms with E-state index in [2.05, 4.69) is 19.2 Å². The molecule has 24 nitrogen and oxygen atoms in total. The molecule has 1 saturated heterocycles. The number of unbranched alkanes of at least 4 members (excludes halogenated alkanes) is 16. The van der Waals surface area contributed by atoms with Gasteiger partial charge >= 0.3 is 37.7 Å². The summed E-state index contributed by atoms with van der Waals surface area (Å²) >= 11 is 0. The standard InChI is InChI=1S/C45H84N5O15P.C4H11NO3/c1-3-5-7-9-11-13-15-17-19-21-44(58)62-37-39(65-45(59)22-20-18-16-14-12-10-8-6-4-2)38-64-66(60,61)63-32-23-46-40(51)33-47-24-26-48(34-41(52)53)28-30-50(36-43(56)57)31-29-49(27-25-47)35-42(54)55;5-4(1-6,2-7)3-8/h39H,3-38H2,1-2H3,(H,46,51)(H,52,53)(H,54,55)(H,56,57)(H,60,61);6-8H,1-3,5H2/t39-;/m1./s1. The van der Waals surface area contributed by atoms with Crippen molar-refractivity contribution in [2.75, 3.05) is 125 Å². The van der Waals surface area contributed by atoms with Crippen LogP contribution in [0.1, 0.15) is 142 Å². The number of hydrogen-bond acceptors (Lipinski definition) is 19. The summed E-state index contributed by atoms with van der Waals surface area (Å²) in [6, 6.07) is 0. The van der Waals surface area contributed by atoms with Gasteiger partial charge in [-0.05, 0) is 12.8 Å². The van der Waals surface area contributed by atoms with Gasteiger partial charge in [-0.1, -0.05) is 117 Å². The number of esters is 2. The summed E-state index contributed by atoms with van der Waals surface area (Å²) in [5.74, 6) is -4.69. The highest BCUT2D eigenvalue weighted by Gasteiger charge is 2.27. The third kappa shape index (κ3) is 41.8. The van der Waals surface area contributed by atoms with Crippen molar-refractivity contribution < 1.29 is 87.4 Å². The second-order valence-electron chi connectivity index (χ2n) is 19.0. The Hall–Kier alpha value is -3.39. The number of carbonyl (C=O) groups excluding carboxylic acids is 3. The number of amides is 1. The highest BCUT2D eigenvalue weighted by Crippen LogP contribution is 2.43. The molecule has 0 aliphatic carbocycles. The summed E-state index contributed by atoms with van der Waals surface area (Å²) in [4.78, 5) is 90.0. The van der Waals surface area contributed by atoms with E-state index >= 15 is 0 Å². The van der Waals surface area contributed by atoms with Gasteiger partial charge in [0.05, 0.1) is 64.8 Å². The molecule has 0 spiro atoms. The third-order valence-electron chi connectivity index (χ3n) is 12.1. The molecule has 1 rings (SSSR count). The Kier molecular flexibility index (Phi) is 42.7. The van der Waals surface area contributed by atoms with E-state index in [9.17, 15) is 53.5 Å². The van der Waals surface area contributed by atoms with Crippen molar-refractivity contribution in [3.05, 3.63) is 0 Å². The molecule has 1 heterocycles. The van der Waals surface area contributed by atoms with E-state index in [0.717, 1.165) is 44.9 Å². The van der Waals surface area contributed by atoms with Gasteiger partial charge in [-0.3, -0.25) is 57.4 Å². The van der Waals surface area contributed by atoms with E-state index in [1.54, 1.807) is 19.6 Å². The summed E-state index contributed by atoms with van der Waals surface area (Å²) in [5, 5.41) is 55.9. The molecule has 1 amide bonds. The van der Waals surface area contributed by atoms with Crippen LogP contribution in [-0.2, 0) is 51.9 Å². The number of aliphatic hydroxyl groups is 3. The molecule has 1 unspecified atom stereocenters. The van der Waals surface area contributed by atoms with Crippen molar-refractivity contribution in [2.45, 2.75) is 154 Å². The number of carboxylic acid groups (broad SMARTS) is 3. The van der Waals surface area contributed by atoms with E-state index in [1.165, 1.54) is 57.8 Å². The number of phosphoric ester groups is 1. The predicted octanol–water partition coefficient (Wildman–Crippen LogP) is 2.67. The minimum atomic E-state index is -4.73. The quantitative estimate of drug-likeness (QED) is 0.0241. The molecule has 0 aromatic rings. The number of carbonyl (C=O) groups is 6. The second-order valence-corrected chi connectivity index (χ2v) is 20.5. The Labute approximate surface area is 439 Å². The van der Waals surface area contributed by atoms with Crippen LogP contribution in [0.5, 0.6) is 0 Å². The maximum Gasteiger partial charge on any atom is 0.472 e. The first kappa shape index (κ1) is 70.6. The van der Waals surface area contributed by atoms with Crippen molar-refractivity contribution in [3.63, 3.8) is 0 Å². The number of ether oxygens (including phenoxy) is 2. The first-order chi connectivity index (χ1) is 35.3. The zero-order valence-electron chi connectivity index (χ0n) is 44.6. The number of hydrogen-bond donors (Lipinski definition) is 9. The molecule has 0 aromatic heterocycles. The van der Waals surface area contributed by atoms with Gasteiger partial charge in [-0.15, -0.1) is 0 Å². The summed E-state index contributed by atoms with van der Waals surface area (Å²) in [5.41, 5.74) is 3.94. The van der Waals surface area contributed by atoms with Crippen molar-refractivity contribution in [1.29, 1.82) is 0 Å². The number of nitrogens with two attached hydrogens (primary N) is 1. The van der Waals surface area contributed by atoms with E-state index in [1.807, 2.05) is 0 Å². The van der Waals surface area contributed by atoms with Crippen LogP contribution in [0.2, 0.25) is 0 Å². The van der Waals surface area contributed by atoms with Crippen LogP contribution in [0, 0.1) is 0 Å². The number of nitrogens with one attached hydrogen (secondary N) is 1. The number of nitrogens with zero attached hydrogens (tertiary/aromatic N) is 4. The number of rotatable bonds is 41. The van der Waals surface area contributed by atoms with Gasteiger partial charge in [0, 0.05) is 71.7 Å². The summed E-state index contributed by atoms with van der Waals surface area (Å²) in [7, 11) is -4.73. The van der Waals surface area contributed by atoms with Crippen LogP contribution in [-0.4, -0.2) is 227 Å². The molecule has 0 radical (unpaired) electrons. The highest BCUT2D eigenvalue weighted by molar-refractivity contribution is 7.47. The van der Waals surface area contributed by atoms with Crippen LogP contribution in [0.15, 0.2) is 0 Å². The topological polar surface area (TPSA) is 349 Å². The van der Waals surface area contributed by atoms with E-state index in [0.29, 0.717) is 12.8 Å². The van der Waals surface area contributed by atoms with Crippen LogP contribution in [0.25, 0.3) is 0 Å². The Morgan fingerprint density at radius 3 is 1.24 bits per heavy atom. The SMILES string of the molecule is CCCCCCCCCCCC(=O)OC[C@H](COP(=O)(O)OCCNC(=O)CN1CCN(CC(=O)O)CCN(CC(=O)O)CCN(CC(=O)O)CC1)OC(=O)CCCCCCCCCCC.NC(CO)(CO)CO. The Morgan fingerprint density at radius 2 is 0.892 bits per heavy atom. The highest BCUT2D eigenvalue weighted by atomic mass is 31.2. The molecule has 0 saturated carbocycles. The average molecular weight is 1090 g/mol. The first-order valence-corrected chi connectivity index (χ1v) is 28.2. The number of aliphatic hydroxyl groups excluding tert-OH is 3. The maximum atomic E-state index is 13.0. The smallest absolute Gasteiger partial charge is 0.472 e. The second kappa shape index (κ2) is 44.7. The minimum Gasteiger partial charge on any atom is -0.480 e. The monoisotopic (exact) mass is 1090 g/mol. The molecule has 10 N–H and O–H groups in total. The molecular weight excluding hydrogens is 992 g/mol. The third-order valence-corrected chi connectivity index (χ3v) is 13.1. The molecule has 0 aromatic carbocycles. The fourth-order valence-electron chi connectivity index (χ4n) is 7.54. The molecule has 0 bridgehead atoms. The fraction of sp³-hybridized carbons (Fsp3) is 0.878. The van der Waals surface area contributed by atoms with E-state index in [4.69, 9.17) is 39.6 Å². The predicted molar refractivity (Wildman–Crippen MR) is 276 cm³/mol. The molecule has 2 atom stereocenters. The molecule has 25 heteroatoms. The number of phosphoric acid groups is 1. The zero-order valence-corrected chi connectivity index (χ0v) is 45.5. The van der Waals surface area contributed by atoms with Crippen molar-refractivity contribution in [1.82, 2.24) is 24.9 Å². The summed E-state index contributed by atoms with van der Waals surface area (Å²) in [6.07, 6.45) is 18.6. The van der Waals surface area contributed by atoms with Crippen LogP contribution < -0.4 is 11.1 Å². The first-order valence-electron chi connectivity index (χ1n) is 26.7. The Balaban J connectivity index is 0.00000610. The molecule has 1 fully saturated rings. The van der Waals surface area contributed by atoms with Gasteiger partial charge in [0.2, 0.25) is 5.91 Å². The van der Waals surface area contributed by atoms with E-state index < -0.39 is 88.3 Å². The maximum absolute atomic E-state index is 13.0. The van der Waals surface area contributed by atoms with Crippen molar-refractivity contribution in [3.8, 4) is 0 Å². The van der Waals surface area contributed by atoms with Crippen LogP contribution in [0.3, 0.4) is 0 Å². The largest absolute Gasteiger partial charge is 0.480 e.